The molecule has 0 unspecified atom stereocenters. The molecule has 0 aliphatic carbocycles. The Kier molecular flexibility index (Phi) is 21.7. The van der Waals surface area contributed by atoms with Gasteiger partial charge in [0.25, 0.3) is 5.97 Å². The van der Waals surface area contributed by atoms with Crippen molar-refractivity contribution < 1.29 is 61.4 Å². The van der Waals surface area contributed by atoms with E-state index in [-0.39, 0.29) is 25.5 Å². The summed E-state index contributed by atoms with van der Waals surface area (Å²) < 4.78 is 67.2. The molecule has 2 aromatic rings. The van der Waals surface area contributed by atoms with Gasteiger partial charge in [0.1, 0.15) is 11.5 Å². The third-order valence-corrected chi connectivity index (χ3v) is 3.36. The first-order valence-electron chi connectivity index (χ1n) is 9.40. The maximum Gasteiger partial charge on any atom is 0.416 e. The predicted octanol–water partition coefficient (Wildman–Crippen LogP) is 4.43. The second kappa shape index (κ2) is 20.2. The predicted molar refractivity (Wildman–Crippen MR) is 138 cm³/mol. The van der Waals surface area contributed by atoms with Crippen LogP contribution in [0.1, 0.15) is 18.1 Å². The quantitative estimate of drug-likeness (QED) is 0.224. The Morgan fingerprint density at radius 1 is 0.917 bits per heavy atom. The van der Waals surface area contributed by atoms with E-state index in [9.17, 15) is 21.6 Å². The zero-order valence-corrected chi connectivity index (χ0v) is 24.7. The van der Waals surface area contributed by atoms with E-state index in [0.29, 0.717) is 22.7 Å². The van der Waals surface area contributed by atoms with Gasteiger partial charge in [-0.3, -0.25) is 18.2 Å². The maximum absolute atomic E-state index is 12.6. The van der Waals surface area contributed by atoms with E-state index in [1.165, 1.54) is 26.4 Å². The van der Waals surface area contributed by atoms with Crippen molar-refractivity contribution in [2.75, 3.05) is 39.2 Å². The molecule has 36 heavy (non-hydrogen) atoms. The minimum Gasteiger partial charge on any atom is -0.759 e. The van der Waals surface area contributed by atoms with Crippen LogP contribution in [-0.2, 0) is 65.6 Å². The molecule has 0 heterocycles. The molecule has 0 aliphatic heterocycles. The summed E-state index contributed by atoms with van der Waals surface area (Å²) >= 11 is 5.27. The number of rotatable bonds is 4. The number of carboxylic acid groups (broad SMARTS) is 1. The van der Waals surface area contributed by atoms with Crippen LogP contribution < -0.4 is 9.47 Å². The average molecular weight is 663 g/mol. The molecule has 0 spiro atoms. The minimum absolute atomic E-state index is 0. The fourth-order valence-corrected chi connectivity index (χ4v) is 2.27. The van der Waals surface area contributed by atoms with E-state index in [4.69, 9.17) is 32.0 Å². The van der Waals surface area contributed by atoms with Crippen molar-refractivity contribution >= 4 is 50.9 Å². The number of methoxy groups -OCH3 is 2. The van der Waals surface area contributed by atoms with Gasteiger partial charge in [-0.2, -0.15) is 13.2 Å². The summed E-state index contributed by atoms with van der Waals surface area (Å²) in [5.74, 6) is 0.120. The summed E-state index contributed by atoms with van der Waals surface area (Å²) in [5, 5.41) is 7.58. The van der Waals surface area contributed by atoms with E-state index in [1.54, 1.807) is 43.2 Å². The van der Waals surface area contributed by atoms with Crippen molar-refractivity contribution in [2.24, 2.45) is 4.99 Å². The van der Waals surface area contributed by atoms with Crippen molar-refractivity contribution in [3.05, 3.63) is 53.6 Å². The number of alkyl halides is 3. The molecular formula is C22H29F3NO6PdS3-. The molecular weight excluding hydrogens is 634 g/mol. The van der Waals surface area contributed by atoms with Crippen LogP contribution in [-0.4, -0.2) is 63.8 Å². The van der Waals surface area contributed by atoms with Crippen LogP contribution in [0.5, 0.6) is 11.5 Å². The Bertz CT molecular complexity index is 941. The Morgan fingerprint density at radius 2 is 1.25 bits per heavy atom. The van der Waals surface area contributed by atoms with Gasteiger partial charge in [0, 0.05) is 74.0 Å². The number of ether oxygens (including phenoxy) is 2. The van der Waals surface area contributed by atoms with Crippen LogP contribution in [0.4, 0.5) is 18.9 Å². The number of hydrogen-bond acceptors (Lipinski definition) is 7. The monoisotopic (exact) mass is 662 g/mol. The summed E-state index contributed by atoms with van der Waals surface area (Å²) in [5.41, 5.74) is 0.0561. The second-order valence-corrected chi connectivity index (χ2v) is 9.85. The van der Waals surface area contributed by atoms with Crippen LogP contribution in [0.3, 0.4) is 0 Å². The molecule has 2 aromatic carbocycles. The SMILES string of the molecule is CC(=O)O.COc1cccc(OC)c1C([S-])=Nc1ccc(C(F)(F)F)cc1.CS(C)=O.CS(C)=O.[Pd]. The van der Waals surface area contributed by atoms with Gasteiger partial charge < -0.3 is 27.2 Å². The number of halogens is 3. The number of benzene rings is 2. The molecule has 0 radical (unpaired) electrons. The third-order valence-electron chi connectivity index (χ3n) is 3.07. The van der Waals surface area contributed by atoms with Crippen LogP contribution in [0.15, 0.2) is 47.5 Å². The first-order valence-corrected chi connectivity index (χ1v) is 13.7. The molecule has 208 valence electrons. The van der Waals surface area contributed by atoms with E-state index >= 15 is 0 Å². The number of aliphatic imine (C=N–C) groups is 1. The van der Waals surface area contributed by atoms with Crippen molar-refractivity contribution in [3.63, 3.8) is 0 Å². The smallest absolute Gasteiger partial charge is 0.416 e. The Morgan fingerprint density at radius 3 is 1.53 bits per heavy atom. The normalized spacial score (nSPS) is 10.4. The van der Waals surface area contributed by atoms with E-state index in [1.807, 2.05) is 0 Å². The molecule has 2 rings (SSSR count). The van der Waals surface area contributed by atoms with Crippen molar-refractivity contribution in [1.82, 2.24) is 0 Å². The van der Waals surface area contributed by atoms with Gasteiger partial charge >= 0.3 is 6.18 Å². The molecule has 1 N–H and O–H groups in total. The summed E-state index contributed by atoms with van der Waals surface area (Å²) in [6, 6.07) is 9.58. The molecule has 0 saturated heterocycles. The van der Waals surface area contributed by atoms with Crippen molar-refractivity contribution in [3.8, 4) is 11.5 Å². The molecule has 0 aliphatic rings. The number of carbonyl (C=O) groups is 1. The molecule has 0 aromatic heterocycles. The van der Waals surface area contributed by atoms with Crippen LogP contribution >= 0.6 is 0 Å². The summed E-state index contributed by atoms with van der Waals surface area (Å²) in [4.78, 5) is 13.2. The first kappa shape index (κ1) is 38.7. The fraction of sp³-hybridized carbons (Fsp3) is 0.364. The molecule has 0 atom stereocenters. The summed E-state index contributed by atoms with van der Waals surface area (Å²) in [6.45, 7) is 1.08. The van der Waals surface area contributed by atoms with Crippen molar-refractivity contribution in [1.29, 1.82) is 0 Å². The van der Waals surface area contributed by atoms with Gasteiger partial charge in [0.2, 0.25) is 0 Å². The molecule has 0 fully saturated rings. The van der Waals surface area contributed by atoms with Crippen LogP contribution in [0.25, 0.3) is 0 Å². The van der Waals surface area contributed by atoms with Gasteiger partial charge in [-0.15, -0.1) is 0 Å². The Hall–Kier alpha value is -1.85. The largest absolute Gasteiger partial charge is 0.759 e. The number of carboxylic acids is 1. The van der Waals surface area contributed by atoms with E-state index in [0.717, 1.165) is 19.1 Å². The first-order chi connectivity index (χ1) is 16.1. The number of aliphatic carboxylic acids is 1. The molecule has 7 nitrogen and oxygen atoms in total. The number of nitrogens with zero attached hydrogens (tertiary/aromatic N) is 1. The fourth-order valence-electron chi connectivity index (χ4n) is 1.96. The van der Waals surface area contributed by atoms with Gasteiger partial charge in [-0.25, -0.2) is 0 Å². The molecule has 0 saturated carbocycles. The molecule has 0 amide bonds. The van der Waals surface area contributed by atoms with Crippen molar-refractivity contribution in [2.45, 2.75) is 13.1 Å². The van der Waals surface area contributed by atoms with Gasteiger partial charge in [0.05, 0.1) is 31.0 Å². The topological polar surface area (TPSA) is 102 Å². The zero-order valence-electron chi connectivity index (χ0n) is 20.7. The summed E-state index contributed by atoms with van der Waals surface area (Å²) in [7, 11) is 1.75. The zero-order chi connectivity index (χ0) is 27.8. The minimum atomic E-state index is -4.38. The molecule has 0 bridgehead atoms. The maximum atomic E-state index is 12.6. The van der Waals surface area contributed by atoms with E-state index in [2.05, 4.69) is 4.99 Å². The van der Waals surface area contributed by atoms with E-state index < -0.39 is 39.3 Å². The Balaban J connectivity index is -0.000000702. The summed E-state index contributed by atoms with van der Waals surface area (Å²) in [6.07, 6.45) is 2.17. The average Bonchev–Trinajstić information content (AvgIpc) is 2.71. The molecule has 14 heteroatoms. The van der Waals surface area contributed by atoms with Gasteiger partial charge in [-0.05, 0) is 36.4 Å². The van der Waals surface area contributed by atoms with Gasteiger partial charge in [0.15, 0.2) is 0 Å². The van der Waals surface area contributed by atoms with Crippen LogP contribution in [0.2, 0.25) is 0 Å². The van der Waals surface area contributed by atoms with Gasteiger partial charge in [-0.1, -0.05) is 11.1 Å². The van der Waals surface area contributed by atoms with Crippen LogP contribution in [0, 0.1) is 0 Å². The second-order valence-electron chi connectivity index (χ2n) is 6.50. The number of hydrogen-bond donors (Lipinski definition) is 1. The Labute approximate surface area is 233 Å². The third kappa shape index (κ3) is 19.4. The standard InChI is InChI=1S/C16H14F3NO2S.C2H4O2.2C2H6OS.Pd/c1-21-12-4-3-5-13(22-2)14(12)15(23)20-11-8-6-10(7-9-11)16(17,18)19;1-2(3)4;2*1-4(2)3;/h3-9H,1-2H3,(H,20,23);1H3,(H,3,4);2*1-2H3;/p-1.